The Hall–Kier alpha value is -1.58. The van der Waals surface area contributed by atoms with Crippen LogP contribution in [0, 0.1) is 18.3 Å². The zero-order chi connectivity index (χ0) is 13.3. The van der Waals surface area contributed by atoms with E-state index in [1.54, 1.807) is 0 Å². The van der Waals surface area contributed by atoms with Crippen LogP contribution < -0.4 is 10.6 Å². The zero-order valence-corrected chi connectivity index (χ0v) is 11.4. The van der Waals surface area contributed by atoms with E-state index >= 15 is 0 Å². The SMILES string of the molecule is Cc1ccnc(N(CC(C)C)C2CC2)c1C(=N)N. The van der Waals surface area contributed by atoms with Crippen molar-refractivity contribution >= 4 is 11.7 Å². The van der Waals surface area contributed by atoms with Crippen LogP contribution in [0.25, 0.3) is 0 Å². The molecule has 0 bridgehead atoms. The molecule has 3 N–H and O–H groups in total. The van der Waals surface area contributed by atoms with Crippen LogP contribution in [0.3, 0.4) is 0 Å². The number of anilines is 1. The van der Waals surface area contributed by atoms with Crippen molar-refractivity contribution in [2.75, 3.05) is 11.4 Å². The zero-order valence-electron chi connectivity index (χ0n) is 11.4. The van der Waals surface area contributed by atoms with E-state index in [-0.39, 0.29) is 5.84 Å². The van der Waals surface area contributed by atoms with Crippen LogP contribution >= 0.6 is 0 Å². The average molecular weight is 246 g/mol. The Morgan fingerprint density at radius 2 is 2.22 bits per heavy atom. The Labute approximate surface area is 109 Å². The Morgan fingerprint density at radius 3 is 2.72 bits per heavy atom. The molecule has 1 aromatic heterocycles. The molecule has 0 unspecified atom stereocenters. The van der Waals surface area contributed by atoms with Gasteiger partial charge in [0.15, 0.2) is 0 Å². The van der Waals surface area contributed by atoms with Crippen LogP contribution in [-0.2, 0) is 0 Å². The van der Waals surface area contributed by atoms with E-state index < -0.39 is 0 Å². The number of aromatic nitrogens is 1. The summed E-state index contributed by atoms with van der Waals surface area (Å²) in [6.07, 6.45) is 4.26. The summed E-state index contributed by atoms with van der Waals surface area (Å²) < 4.78 is 0. The summed E-state index contributed by atoms with van der Waals surface area (Å²) in [6.45, 7) is 7.38. The smallest absolute Gasteiger partial charge is 0.140 e. The van der Waals surface area contributed by atoms with E-state index in [9.17, 15) is 0 Å². The number of aryl methyl sites for hydroxylation is 1. The van der Waals surface area contributed by atoms with Crippen molar-refractivity contribution < 1.29 is 0 Å². The molecule has 98 valence electrons. The van der Waals surface area contributed by atoms with Gasteiger partial charge >= 0.3 is 0 Å². The lowest BCUT2D eigenvalue weighted by atomic mass is 10.1. The van der Waals surface area contributed by atoms with Crippen molar-refractivity contribution in [2.45, 2.75) is 39.7 Å². The molecular formula is C14H22N4. The third kappa shape index (κ3) is 2.63. The molecule has 2 rings (SSSR count). The second-order valence-electron chi connectivity index (χ2n) is 5.52. The van der Waals surface area contributed by atoms with Crippen molar-refractivity contribution in [3.05, 3.63) is 23.4 Å². The molecule has 0 aliphatic heterocycles. The Bertz CT molecular complexity index is 449. The quantitative estimate of drug-likeness (QED) is 0.619. The molecule has 0 radical (unpaired) electrons. The number of nitrogens with two attached hydrogens (primary N) is 1. The van der Waals surface area contributed by atoms with Gasteiger partial charge in [-0.3, -0.25) is 5.41 Å². The Kier molecular flexibility index (Phi) is 3.55. The number of hydrogen-bond donors (Lipinski definition) is 2. The van der Waals surface area contributed by atoms with Gasteiger partial charge in [0.2, 0.25) is 0 Å². The molecule has 1 heterocycles. The lowest BCUT2D eigenvalue weighted by Crippen LogP contribution is -2.33. The minimum Gasteiger partial charge on any atom is -0.384 e. The predicted molar refractivity (Wildman–Crippen MR) is 75.2 cm³/mol. The first-order valence-corrected chi connectivity index (χ1v) is 6.57. The summed E-state index contributed by atoms with van der Waals surface area (Å²) in [6, 6.07) is 2.50. The van der Waals surface area contributed by atoms with Gasteiger partial charge < -0.3 is 10.6 Å². The first kappa shape index (κ1) is 12.9. The third-order valence-electron chi connectivity index (χ3n) is 3.23. The van der Waals surface area contributed by atoms with E-state index in [0.29, 0.717) is 12.0 Å². The molecule has 1 aromatic rings. The number of nitrogen functional groups attached to an aromatic ring is 1. The first-order valence-electron chi connectivity index (χ1n) is 6.57. The van der Waals surface area contributed by atoms with Gasteiger partial charge in [-0.25, -0.2) is 4.98 Å². The third-order valence-corrected chi connectivity index (χ3v) is 3.23. The van der Waals surface area contributed by atoms with Gasteiger partial charge in [0.05, 0.1) is 5.56 Å². The highest BCUT2D eigenvalue weighted by Gasteiger charge is 2.32. The first-order chi connectivity index (χ1) is 8.50. The fourth-order valence-electron chi connectivity index (χ4n) is 2.28. The molecule has 1 aliphatic rings. The number of hydrogen-bond acceptors (Lipinski definition) is 3. The lowest BCUT2D eigenvalue weighted by molar-refractivity contribution is 0.602. The van der Waals surface area contributed by atoms with Crippen LogP contribution in [0.2, 0.25) is 0 Å². The highest BCUT2D eigenvalue weighted by Crippen LogP contribution is 2.33. The van der Waals surface area contributed by atoms with Crippen molar-refractivity contribution in [3.63, 3.8) is 0 Å². The Balaban J connectivity index is 2.40. The predicted octanol–water partition coefficient (Wildman–Crippen LogP) is 2.30. The molecule has 0 atom stereocenters. The topological polar surface area (TPSA) is 66.0 Å². The van der Waals surface area contributed by atoms with Gasteiger partial charge in [-0.1, -0.05) is 13.8 Å². The van der Waals surface area contributed by atoms with E-state index in [4.69, 9.17) is 11.1 Å². The average Bonchev–Trinajstić information content (AvgIpc) is 3.08. The van der Waals surface area contributed by atoms with Crippen molar-refractivity contribution in [2.24, 2.45) is 11.7 Å². The van der Waals surface area contributed by atoms with Crippen LogP contribution in [0.1, 0.15) is 37.8 Å². The van der Waals surface area contributed by atoms with Gasteiger partial charge in [-0.05, 0) is 37.3 Å². The van der Waals surface area contributed by atoms with Crippen LogP contribution in [0.4, 0.5) is 5.82 Å². The van der Waals surface area contributed by atoms with Gasteiger partial charge in [-0.2, -0.15) is 0 Å². The minimum absolute atomic E-state index is 0.116. The minimum atomic E-state index is 0.116. The number of nitrogens with zero attached hydrogens (tertiary/aromatic N) is 2. The van der Waals surface area contributed by atoms with Crippen molar-refractivity contribution in [1.29, 1.82) is 5.41 Å². The highest BCUT2D eigenvalue weighted by atomic mass is 15.2. The van der Waals surface area contributed by atoms with Crippen LogP contribution in [-0.4, -0.2) is 23.4 Å². The molecule has 4 heteroatoms. The van der Waals surface area contributed by atoms with Crippen molar-refractivity contribution in [1.82, 2.24) is 4.98 Å². The second kappa shape index (κ2) is 4.96. The summed E-state index contributed by atoms with van der Waals surface area (Å²) in [5, 5.41) is 7.77. The number of rotatable bonds is 5. The summed E-state index contributed by atoms with van der Waals surface area (Å²) in [7, 11) is 0. The summed E-state index contributed by atoms with van der Waals surface area (Å²) >= 11 is 0. The molecule has 0 amide bonds. The van der Waals surface area contributed by atoms with E-state index in [1.165, 1.54) is 12.8 Å². The highest BCUT2D eigenvalue weighted by molar-refractivity contribution is 6.01. The maximum atomic E-state index is 7.77. The van der Waals surface area contributed by atoms with Crippen LogP contribution in [0.5, 0.6) is 0 Å². The molecule has 1 aliphatic carbocycles. The molecule has 1 fully saturated rings. The van der Waals surface area contributed by atoms with E-state index in [2.05, 4.69) is 23.7 Å². The van der Waals surface area contributed by atoms with E-state index in [1.807, 2.05) is 19.2 Å². The van der Waals surface area contributed by atoms with Crippen molar-refractivity contribution in [3.8, 4) is 0 Å². The van der Waals surface area contributed by atoms with Gasteiger partial charge in [0.1, 0.15) is 11.7 Å². The summed E-state index contributed by atoms with van der Waals surface area (Å²) in [5.41, 5.74) is 7.55. The number of amidine groups is 1. The lowest BCUT2D eigenvalue weighted by Gasteiger charge is -2.28. The van der Waals surface area contributed by atoms with E-state index in [0.717, 1.165) is 23.5 Å². The van der Waals surface area contributed by atoms with Gasteiger partial charge in [0.25, 0.3) is 0 Å². The fraction of sp³-hybridized carbons (Fsp3) is 0.571. The molecule has 0 saturated heterocycles. The fourth-order valence-corrected chi connectivity index (χ4v) is 2.28. The molecule has 1 saturated carbocycles. The summed E-state index contributed by atoms with van der Waals surface area (Å²) in [5.74, 6) is 1.58. The standard InChI is InChI=1S/C14H22N4/c1-9(2)8-18(11-4-5-11)14-12(13(15)16)10(3)6-7-17-14/h6-7,9,11H,4-5,8H2,1-3H3,(H3,15,16). The summed E-state index contributed by atoms with van der Waals surface area (Å²) in [4.78, 5) is 6.81. The molecule has 4 nitrogen and oxygen atoms in total. The van der Waals surface area contributed by atoms with Crippen LogP contribution in [0.15, 0.2) is 12.3 Å². The van der Waals surface area contributed by atoms with Gasteiger partial charge in [-0.15, -0.1) is 0 Å². The molecular weight excluding hydrogens is 224 g/mol. The molecule has 0 spiro atoms. The normalized spacial score (nSPS) is 14.9. The number of pyridine rings is 1. The number of nitrogens with one attached hydrogen (secondary N) is 1. The second-order valence-corrected chi connectivity index (χ2v) is 5.52. The monoisotopic (exact) mass is 246 g/mol. The maximum Gasteiger partial charge on any atom is 0.140 e. The maximum absolute atomic E-state index is 7.77. The molecule has 18 heavy (non-hydrogen) atoms. The Morgan fingerprint density at radius 1 is 1.56 bits per heavy atom. The molecule has 0 aromatic carbocycles. The van der Waals surface area contributed by atoms with Gasteiger partial charge in [0, 0.05) is 18.8 Å². The largest absolute Gasteiger partial charge is 0.384 e.